The number of hydrogen-bond acceptors (Lipinski definition) is 5. The van der Waals surface area contributed by atoms with Crippen molar-refractivity contribution in [1.29, 1.82) is 0 Å². The zero-order valence-electron chi connectivity index (χ0n) is 8.67. The first kappa shape index (κ1) is 14.7. The highest BCUT2D eigenvalue weighted by molar-refractivity contribution is 7.99. The molecule has 0 radical (unpaired) electrons. The fourth-order valence-electron chi connectivity index (χ4n) is 0.800. The van der Waals surface area contributed by atoms with Gasteiger partial charge in [-0.15, -0.1) is 0 Å². The lowest BCUT2D eigenvalue weighted by atomic mass is 10.3. The molecule has 2 amide bonds. The summed E-state index contributed by atoms with van der Waals surface area (Å²) >= 11 is 1.02. The van der Waals surface area contributed by atoms with Crippen LogP contribution in [0, 0.1) is 0 Å². The molecule has 2 atom stereocenters. The molecular weight excluding hydrogens is 236 g/mol. The van der Waals surface area contributed by atoms with Crippen LogP contribution < -0.4 is 11.1 Å². The van der Waals surface area contributed by atoms with Gasteiger partial charge in [0.25, 0.3) is 0 Å². The topological polar surface area (TPSA) is 130 Å². The first-order chi connectivity index (χ1) is 7.34. The number of aliphatic hydroxyl groups is 1. The third-order valence-electron chi connectivity index (χ3n) is 1.56. The molecule has 5 N–H and O–H groups in total. The van der Waals surface area contributed by atoms with E-state index in [1.165, 1.54) is 6.92 Å². The molecular formula is C8H14N2O5S. The van der Waals surface area contributed by atoms with Crippen LogP contribution in [0.3, 0.4) is 0 Å². The number of carbonyl (C=O) groups is 3. The third-order valence-corrected chi connectivity index (χ3v) is 2.68. The quantitative estimate of drug-likeness (QED) is 0.420. The van der Waals surface area contributed by atoms with Gasteiger partial charge in [-0.25, -0.2) is 4.79 Å². The molecule has 0 aromatic rings. The first-order valence-electron chi connectivity index (χ1n) is 4.39. The van der Waals surface area contributed by atoms with Gasteiger partial charge in [-0.2, -0.15) is 11.8 Å². The number of carbonyl (C=O) groups excluding carboxylic acids is 2. The Bertz CT molecular complexity index is 284. The Morgan fingerprint density at radius 2 is 1.94 bits per heavy atom. The molecule has 0 fully saturated rings. The molecule has 0 aliphatic heterocycles. The largest absolute Gasteiger partial charge is 0.480 e. The Morgan fingerprint density at radius 3 is 2.31 bits per heavy atom. The monoisotopic (exact) mass is 250 g/mol. The smallest absolute Gasteiger partial charge is 0.327 e. The normalized spacial score (nSPS) is 13.9. The number of aliphatic hydroxyl groups excluding tert-OH is 1. The van der Waals surface area contributed by atoms with Crippen LogP contribution in [-0.2, 0) is 14.4 Å². The maximum atomic E-state index is 10.7. The Balaban J connectivity index is 3.99. The molecule has 0 saturated heterocycles. The van der Waals surface area contributed by atoms with Gasteiger partial charge >= 0.3 is 5.97 Å². The summed E-state index contributed by atoms with van der Waals surface area (Å²) < 4.78 is 0. The maximum absolute atomic E-state index is 10.7. The van der Waals surface area contributed by atoms with E-state index in [0.717, 1.165) is 11.8 Å². The fourth-order valence-corrected chi connectivity index (χ4v) is 1.78. The lowest BCUT2D eigenvalue weighted by molar-refractivity contribution is -0.140. The van der Waals surface area contributed by atoms with Gasteiger partial charge < -0.3 is 21.3 Å². The Morgan fingerprint density at radius 1 is 1.38 bits per heavy atom. The number of nitrogens with two attached hydrogens (primary N) is 1. The highest BCUT2D eigenvalue weighted by Gasteiger charge is 2.19. The molecule has 0 heterocycles. The molecule has 0 aliphatic carbocycles. The van der Waals surface area contributed by atoms with E-state index in [1.54, 1.807) is 0 Å². The van der Waals surface area contributed by atoms with Crippen LogP contribution in [0.2, 0.25) is 0 Å². The Hall–Kier alpha value is -1.28. The fraction of sp³-hybridized carbons (Fsp3) is 0.625. The molecule has 0 spiro atoms. The molecule has 0 aliphatic rings. The number of carboxylic acid groups (broad SMARTS) is 1. The SMILES string of the molecule is CC(=O)N[C@@H](CSCC(O)C(N)=O)C(=O)O. The number of hydrogen-bond donors (Lipinski definition) is 4. The van der Waals surface area contributed by atoms with Gasteiger partial charge in [0.05, 0.1) is 0 Å². The molecule has 0 saturated carbocycles. The van der Waals surface area contributed by atoms with E-state index in [1.807, 2.05) is 0 Å². The average Bonchev–Trinajstić information content (AvgIpc) is 2.14. The summed E-state index contributed by atoms with van der Waals surface area (Å²) in [6, 6.07) is -1.04. The van der Waals surface area contributed by atoms with Crippen molar-refractivity contribution in [3.8, 4) is 0 Å². The standard InChI is InChI=1S/C8H14N2O5S/c1-4(11)10-5(8(14)15)2-16-3-6(12)7(9)13/h5-6,12H,2-3H2,1H3,(H2,9,13)(H,10,11)(H,14,15)/t5-,6?/m0/s1. The van der Waals surface area contributed by atoms with Crippen LogP contribution in [0.5, 0.6) is 0 Å². The number of amides is 2. The Kier molecular flexibility index (Phi) is 6.50. The van der Waals surface area contributed by atoms with E-state index in [0.29, 0.717) is 0 Å². The average molecular weight is 250 g/mol. The predicted molar refractivity (Wildman–Crippen MR) is 57.8 cm³/mol. The first-order valence-corrected chi connectivity index (χ1v) is 5.55. The summed E-state index contributed by atoms with van der Waals surface area (Å²) in [7, 11) is 0. The second-order valence-corrected chi connectivity index (χ2v) is 4.12. The number of primary amides is 1. The van der Waals surface area contributed by atoms with Crippen LogP contribution in [-0.4, -0.2) is 51.6 Å². The molecule has 0 aromatic carbocycles. The lowest BCUT2D eigenvalue weighted by Crippen LogP contribution is -2.42. The van der Waals surface area contributed by atoms with E-state index in [2.05, 4.69) is 5.32 Å². The molecule has 8 heteroatoms. The van der Waals surface area contributed by atoms with E-state index in [9.17, 15) is 14.4 Å². The van der Waals surface area contributed by atoms with Crippen molar-refractivity contribution in [1.82, 2.24) is 5.32 Å². The van der Waals surface area contributed by atoms with Gasteiger partial charge in [0.2, 0.25) is 11.8 Å². The van der Waals surface area contributed by atoms with Crippen LogP contribution in [0.4, 0.5) is 0 Å². The van der Waals surface area contributed by atoms with E-state index >= 15 is 0 Å². The molecule has 0 bridgehead atoms. The third kappa shape index (κ3) is 6.25. The van der Waals surface area contributed by atoms with Gasteiger partial charge in [-0.1, -0.05) is 0 Å². The van der Waals surface area contributed by atoms with Crippen LogP contribution in [0.25, 0.3) is 0 Å². The number of rotatable bonds is 7. The second-order valence-electron chi connectivity index (χ2n) is 3.05. The van der Waals surface area contributed by atoms with Crippen molar-refractivity contribution in [2.24, 2.45) is 5.73 Å². The molecule has 92 valence electrons. The number of aliphatic carboxylic acids is 1. The number of carboxylic acids is 1. The number of nitrogens with one attached hydrogen (secondary N) is 1. The van der Waals surface area contributed by atoms with Gasteiger partial charge in [0, 0.05) is 18.4 Å². The second kappa shape index (κ2) is 7.07. The van der Waals surface area contributed by atoms with Gasteiger partial charge in [0.1, 0.15) is 12.1 Å². The molecule has 0 rings (SSSR count). The van der Waals surface area contributed by atoms with Crippen molar-refractivity contribution in [3.63, 3.8) is 0 Å². The Labute approximate surface area is 96.4 Å². The number of thioether (sulfide) groups is 1. The van der Waals surface area contributed by atoms with Gasteiger partial charge in [-0.05, 0) is 0 Å². The highest BCUT2D eigenvalue weighted by Crippen LogP contribution is 2.05. The molecule has 0 aromatic heterocycles. The van der Waals surface area contributed by atoms with E-state index in [-0.39, 0.29) is 11.5 Å². The van der Waals surface area contributed by atoms with Gasteiger partial charge in [0.15, 0.2) is 0 Å². The van der Waals surface area contributed by atoms with Crippen LogP contribution in [0.1, 0.15) is 6.92 Å². The minimum absolute atomic E-state index is 0.00129. The highest BCUT2D eigenvalue weighted by atomic mass is 32.2. The summed E-state index contributed by atoms with van der Waals surface area (Å²) in [5.41, 5.74) is 4.81. The molecule has 7 nitrogen and oxygen atoms in total. The zero-order chi connectivity index (χ0) is 12.7. The van der Waals surface area contributed by atoms with E-state index in [4.69, 9.17) is 15.9 Å². The van der Waals surface area contributed by atoms with Crippen molar-refractivity contribution >= 4 is 29.5 Å². The summed E-state index contributed by atoms with van der Waals surface area (Å²) in [6.07, 6.45) is -1.31. The summed E-state index contributed by atoms with van der Waals surface area (Å²) in [5, 5.41) is 20.0. The van der Waals surface area contributed by atoms with Crippen molar-refractivity contribution in [3.05, 3.63) is 0 Å². The summed E-state index contributed by atoms with van der Waals surface area (Å²) in [4.78, 5) is 31.8. The minimum Gasteiger partial charge on any atom is -0.480 e. The van der Waals surface area contributed by atoms with Crippen LogP contribution >= 0.6 is 11.8 Å². The van der Waals surface area contributed by atoms with Gasteiger partial charge in [-0.3, -0.25) is 9.59 Å². The van der Waals surface area contributed by atoms with Crippen molar-refractivity contribution in [2.45, 2.75) is 19.1 Å². The zero-order valence-corrected chi connectivity index (χ0v) is 9.49. The molecule has 1 unspecified atom stereocenters. The van der Waals surface area contributed by atoms with E-state index < -0.39 is 29.9 Å². The minimum atomic E-state index is -1.31. The summed E-state index contributed by atoms with van der Waals surface area (Å²) in [5.74, 6) is -2.43. The lowest BCUT2D eigenvalue weighted by Gasteiger charge is -2.13. The van der Waals surface area contributed by atoms with Crippen LogP contribution in [0.15, 0.2) is 0 Å². The molecule has 16 heavy (non-hydrogen) atoms. The maximum Gasteiger partial charge on any atom is 0.327 e. The van der Waals surface area contributed by atoms with Crippen molar-refractivity contribution < 1.29 is 24.6 Å². The predicted octanol–water partition coefficient (Wildman–Crippen LogP) is -1.84. The van der Waals surface area contributed by atoms with Crippen molar-refractivity contribution in [2.75, 3.05) is 11.5 Å². The summed E-state index contributed by atoms with van der Waals surface area (Å²) in [6.45, 7) is 1.21.